The van der Waals surface area contributed by atoms with Gasteiger partial charge in [-0.1, -0.05) is 13.0 Å². The molecule has 4 rings (SSSR count). The number of aromatic nitrogens is 5. The molecule has 1 amide bonds. The Morgan fingerprint density at radius 2 is 2.04 bits per heavy atom. The monoisotopic (exact) mass is 362 g/mol. The van der Waals surface area contributed by atoms with E-state index in [1.165, 1.54) is 0 Å². The van der Waals surface area contributed by atoms with Gasteiger partial charge in [-0.25, -0.2) is 4.98 Å². The van der Waals surface area contributed by atoms with Crippen LogP contribution in [0.3, 0.4) is 0 Å². The maximum atomic E-state index is 11.8. The van der Waals surface area contributed by atoms with Crippen LogP contribution in [0.15, 0.2) is 42.9 Å². The van der Waals surface area contributed by atoms with Crippen LogP contribution in [0.2, 0.25) is 0 Å². The van der Waals surface area contributed by atoms with Crippen LogP contribution in [0.5, 0.6) is 0 Å². The zero-order valence-corrected chi connectivity index (χ0v) is 14.9. The maximum absolute atomic E-state index is 11.8. The molecule has 0 bridgehead atoms. The lowest BCUT2D eigenvalue weighted by Gasteiger charge is -2.11. The molecular formula is C18H18N8O. The smallest absolute Gasteiger partial charge is 0.224 e. The topological polar surface area (TPSA) is 109 Å². The van der Waals surface area contributed by atoms with Crippen molar-refractivity contribution in [2.75, 3.05) is 23.0 Å². The quantitative estimate of drug-likeness (QED) is 0.501. The highest BCUT2D eigenvalue weighted by molar-refractivity contribution is 5.94. The van der Waals surface area contributed by atoms with Crippen LogP contribution in [-0.2, 0) is 4.79 Å². The number of anilines is 4. The average Bonchev–Trinajstić information content (AvgIpc) is 3.10. The molecule has 0 unspecified atom stereocenters. The van der Waals surface area contributed by atoms with Gasteiger partial charge in [0.2, 0.25) is 5.91 Å². The van der Waals surface area contributed by atoms with Crippen molar-refractivity contribution < 1.29 is 4.79 Å². The summed E-state index contributed by atoms with van der Waals surface area (Å²) in [6, 6.07) is 7.56. The first kappa shape index (κ1) is 16.7. The Bertz CT molecular complexity index is 1130. The third kappa shape index (κ3) is 3.10. The molecular weight excluding hydrogens is 344 g/mol. The summed E-state index contributed by atoms with van der Waals surface area (Å²) >= 11 is 0. The van der Waals surface area contributed by atoms with Crippen molar-refractivity contribution >= 4 is 45.6 Å². The molecule has 0 spiro atoms. The Labute approximate surface area is 154 Å². The first-order valence-corrected chi connectivity index (χ1v) is 8.52. The second-order valence-electron chi connectivity index (χ2n) is 5.83. The fourth-order valence-electron chi connectivity index (χ4n) is 2.76. The number of para-hydroxylation sites is 1. The van der Waals surface area contributed by atoms with Crippen molar-refractivity contribution in [3.05, 3.63) is 42.9 Å². The van der Waals surface area contributed by atoms with Crippen molar-refractivity contribution in [1.82, 2.24) is 24.6 Å². The van der Waals surface area contributed by atoms with Crippen LogP contribution in [0.25, 0.3) is 16.7 Å². The van der Waals surface area contributed by atoms with Gasteiger partial charge < -0.3 is 16.0 Å². The van der Waals surface area contributed by atoms with Gasteiger partial charge in [-0.2, -0.15) is 9.61 Å². The molecule has 0 aliphatic carbocycles. The lowest BCUT2D eigenvalue weighted by molar-refractivity contribution is -0.115. The van der Waals surface area contributed by atoms with Gasteiger partial charge in [0.05, 0.1) is 17.4 Å². The van der Waals surface area contributed by atoms with E-state index in [9.17, 15) is 4.79 Å². The Morgan fingerprint density at radius 3 is 2.85 bits per heavy atom. The number of carbonyl (C=O) groups is 1. The fraction of sp³-hybridized carbons (Fsp3) is 0.167. The summed E-state index contributed by atoms with van der Waals surface area (Å²) < 4.78 is 1.64. The predicted octanol–water partition coefficient (Wildman–Crippen LogP) is 2.81. The van der Waals surface area contributed by atoms with Crippen molar-refractivity contribution in [3.63, 3.8) is 0 Å². The van der Waals surface area contributed by atoms with E-state index in [-0.39, 0.29) is 5.91 Å². The Morgan fingerprint density at radius 1 is 1.19 bits per heavy atom. The summed E-state index contributed by atoms with van der Waals surface area (Å²) in [6.07, 6.45) is 5.27. The van der Waals surface area contributed by atoms with E-state index in [0.29, 0.717) is 23.6 Å². The molecule has 27 heavy (non-hydrogen) atoms. The van der Waals surface area contributed by atoms with E-state index >= 15 is 0 Å². The summed E-state index contributed by atoms with van der Waals surface area (Å²) in [5.41, 5.74) is 3.42. The van der Waals surface area contributed by atoms with Crippen molar-refractivity contribution in [1.29, 1.82) is 0 Å². The molecule has 9 nitrogen and oxygen atoms in total. The van der Waals surface area contributed by atoms with Gasteiger partial charge in [0.15, 0.2) is 5.65 Å². The number of rotatable bonds is 5. The van der Waals surface area contributed by atoms with Crippen molar-refractivity contribution in [2.45, 2.75) is 13.3 Å². The van der Waals surface area contributed by atoms with E-state index in [1.807, 2.05) is 24.3 Å². The van der Waals surface area contributed by atoms with Crippen LogP contribution in [-0.4, -0.2) is 37.5 Å². The zero-order chi connectivity index (χ0) is 18.8. The van der Waals surface area contributed by atoms with Crippen molar-refractivity contribution in [3.8, 4) is 0 Å². The molecule has 9 heteroatoms. The fourth-order valence-corrected chi connectivity index (χ4v) is 2.76. The third-order valence-electron chi connectivity index (χ3n) is 4.08. The molecule has 3 heterocycles. The summed E-state index contributed by atoms with van der Waals surface area (Å²) in [5.74, 6) is 1.23. The molecule has 4 aromatic rings. The minimum absolute atomic E-state index is 0.0969. The van der Waals surface area contributed by atoms with E-state index in [0.717, 1.165) is 22.5 Å². The maximum Gasteiger partial charge on any atom is 0.224 e. The van der Waals surface area contributed by atoms with Gasteiger partial charge in [0.1, 0.15) is 22.8 Å². The molecule has 3 aromatic heterocycles. The number of fused-ring (bicyclic) bond motifs is 2. The number of carbonyl (C=O) groups excluding carboxylic acids is 1. The van der Waals surface area contributed by atoms with Crippen LogP contribution >= 0.6 is 0 Å². The van der Waals surface area contributed by atoms with E-state index in [4.69, 9.17) is 0 Å². The molecule has 3 N–H and O–H groups in total. The van der Waals surface area contributed by atoms with Gasteiger partial charge in [-0.3, -0.25) is 14.8 Å². The number of nitrogens with zero attached hydrogens (tertiary/aromatic N) is 5. The lowest BCUT2D eigenvalue weighted by Crippen LogP contribution is -2.10. The first-order valence-electron chi connectivity index (χ1n) is 8.52. The molecule has 1 aromatic carbocycles. The van der Waals surface area contributed by atoms with Gasteiger partial charge in [0, 0.05) is 31.9 Å². The molecule has 0 aliphatic heterocycles. The van der Waals surface area contributed by atoms with Gasteiger partial charge in [0.25, 0.3) is 0 Å². The van der Waals surface area contributed by atoms with E-state index in [1.54, 1.807) is 37.1 Å². The number of amides is 1. The molecule has 136 valence electrons. The number of hydrogen-bond donors (Lipinski definition) is 3. The summed E-state index contributed by atoms with van der Waals surface area (Å²) in [4.78, 5) is 25.1. The number of hydrogen-bond acceptors (Lipinski definition) is 7. The first-order chi connectivity index (χ1) is 13.2. The minimum Gasteiger partial charge on any atom is -0.373 e. The highest BCUT2D eigenvalue weighted by Gasteiger charge is 2.13. The normalized spacial score (nSPS) is 10.9. The molecule has 0 atom stereocenters. The van der Waals surface area contributed by atoms with Crippen LogP contribution in [0.4, 0.5) is 23.0 Å². The predicted molar refractivity (Wildman–Crippen MR) is 104 cm³/mol. The van der Waals surface area contributed by atoms with Gasteiger partial charge in [-0.05, 0) is 12.1 Å². The summed E-state index contributed by atoms with van der Waals surface area (Å²) in [7, 11) is 1.80. The summed E-state index contributed by atoms with van der Waals surface area (Å²) in [6.45, 7) is 1.79. The Kier molecular flexibility index (Phi) is 4.25. The van der Waals surface area contributed by atoms with Gasteiger partial charge in [-0.15, -0.1) is 0 Å². The Balaban J connectivity index is 1.79. The Hall–Kier alpha value is -3.75. The third-order valence-corrected chi connectivity index (χ3v) is 4.08. The van der Waals surface area contributed by atoms with Crippen molar-refractivity contribution in [2.24, 2.45) is 0 Å². The lowest BCUT2D eigenvalue weighted by atomic mass is 10.2. The SMILES string of the molecule is CCC(=O)Nc1cnn2c(NC)cc(Nc3cccc4nccnc34)nc12. The number of benzene rings is 1. The highest BCUT2D eigenvalue weighted by Crippen LogP contribution is 2.26. The second kappa shape index (κ2) is 6.87. The largest absolute Gasteiger partial charge is 0.373 e. The van der Waals surface area contributed by atoms with Crippen LogP contribution in [0, 0.1) is 0 Å². The van der Waals surface area contributed by atoms with E-state index < -0.39 is 0 Å². The molecule has 0 aliphatic rings. The average molecular weight is 362 g/mol. The summed E-state index contributed by atoms with van der Waals surface area (Å²) in [5, 5.41) is 13.5. The molecule has 0 saturated carbocycles. The van der Waals surface area contributed by atoms with Crippen LogP contribution < -0.4 is 16.0 Å². The highest BCUT2D eigenvalue weighted by atomic mass is 16.1. The van der Waals surface area contributed by atoms with Gasteiger partial charge >= 0.3 is 0 Å². The molecule has 0 radical (unpaired) electrons. The molecule has 0 saturated heterocycles. The minimum atomic E-state index is -0.0969. The number of nitrogens with one attached hydrogen (secondary N) is 3. The second-order valence-corrected chi connectivity index (χ2v) is 5.83. The standard InChI is InChI=1S/C18H18N8O/c1-3-16(27)24-13-10-22-26-15(19-2)9-14(25-18(13)26)23-12-6-4-5-11-17(12)21-8-7-20-11/h4-10,19H,3H2,1-2H3,(H,23,25)(H,24,27). The van der Waals surface area contributed by atoms with E-state index in [2.05, 4.69) is 36.0 Å². The zero-order valence-electron chi connectivity index (χ0n) is 14.9. The molecule has 0 fully saturated rings. The van der Waals surface area contributed by atoms with Crippen LogP contribution in [0.1, 0.15) is 13.3 Å².